The summed E-state index contributed by atoms with van der Waals surface area (Å²) in [4.78, 5) is 27.9. The van der Waals surface area contributed by atoms with Crippen LogP contribution in [0.1, 0.15) is 54.6 Å². The number of carbonyl (C=O) groups is 1. The quantitative estimate of drug-likeness (QED) is 0.506. The molecule has 2 heterocycles. The minimum atomic E-state index is -0.647. The van der Waals surface area contributed by atoms with Crippen LogP contribution in [0.2, 0.25) is 0 Å². The highest BCUT2D eigenvalue weighted by Gasteiger charge is 2.18. The number of hydrogen-bond donors (Lipinski definition) is 1. The molecule has 6 nitrogen and oxygen atoms in total. The van der Waals surface area contributed by atoms with Crippen molar-refractivity contribution in [1.82, 2.24) is 4.90 Å². The Morgan fingerprint density at radius 2 is 1.84 bits per heavy atom. The summed E-state index contributed by atoms with van der Waals surface area (Å²) in [5, 5.41) is 3.53. The van der Waals surface area contributed by atoms with Gasteiger partial charge < -0.3 is 14.5 Å². The second-order valence-corrected chi connectivity index (χ2v) is 8.23. The molecule has 1 saturated heterocycles. The van der Waals surface area contributed by atoms with Crippen molar-refractivity contribution >= 4 is 22.6 Å². The molecule has 0 radical (unpaired) electrons. The highest BCUT2D eigenvalue weighted by molar-refractivity contribution is 6.05. The van der Waals surface area contributed by atoms with Gasteiger partial charge in [0.1, 0.15) is 16.9 Å². The number of hydrogen-bond acceptors (Lipinski definition) is 5. The molecule has 1 N–H and O–H groups in total. The Bertz CT molecular complexity index is 1140. The van der Waals surface area contributed by atoms with Gasteiger partial charge in [-0.1, -0.05) is 25.5 Å². The molecule has 168 valence electrons. The van der Waals surface area contributed by atoms with Gasteiger partial charge in [-0.15, -0.1) is 0 Å². The first-order valence-electron chi connectivity index (χ1n) is 11.4. The first-order valence-corrected chi connectivity index (χ1v) is 11.4. The fourth-order valence-electron chi connectivity index (χ4n) is 4.25. The van der Waals surface area contributed by atoms with Crippen molar-refractivity contribution < 1.29 is 13.9 Å². The molecule has 1 aromatic heterocycles. The van der Waals surface area contributed by atoms with E-state index in [1.807, 2.05) is 43.3 Å². The van der Waals surface area contributed by atoms with E-state index in [0.717, 1.165) is 43.8 Å². The molecular weight excluding hydrogens is 404 g/mol. The molecule has 0 saturated carbocycles. The van der Waals surface area contributed by atoms with Gasteiger partial charge in [0.2, 0.25) is 0 Å². The minimum absolute atomic E-state index is 0.00903. The van der Waals surface area contributed by atoms with Crippen LogP contribution in [0.25, 0.3) is 11.0 Å². The lowest BCUT2D eigenvalue weighted by Gasteiger charge is -2.15. The van der Waals surface area contributed by atoms with Crippen LogP contribution >= 0.6 is 0 Å². The van der Waals surface area contributed by atoms with Crippen molar-refractivity contribution in [3.63, 3.8) is 0 Å². The second-order valence-electron chi connectivity index (χ2n) is 8.23. The van der Waals surface area contributed by atoms with E-state index in [1.54, 1.807) is 6.07 Å². The Morgan fingerprint density at radius 3 is 2.53 bits per heavy atom. The summed E-state index contributed by atoms with van der Waals surface area (Å²) in [5.41, 5.74) is 2.56. The zero-order valence-corrected chi connectivity index (χ0v) is 18.8. The van der Waals surface area contributed by atoms with Gasteiger partial charge in [-0.2, -0.15) is 0 Å². The molecule has 32 heavy (non-hydrogen) atoms. The Morgan fingerprint density at radius 1 is 1.09 bits per heavy atom. The maximum atomic E-state index is 12.8. The number of amides is 1. The first kappa shape index (κ1) is 22.1. The molecule has 6 heteroatoms. The molecule has 2 aromatic carbocycles. The van der Waals surface area contributed by atoms with Gasteiger partial charge >= 0.3 is 5.63 Å². The predicted octanol–water partition coefficient (Wildman–Crippen LogP) is 4.99. The lowest BCUT2D eigenvalue weighted by molar-refractivity contribution is 0.102. The van der Waals surface area contributed by atoms with Crippen LogP contribution in [0.15, 0.2) is 51.7 Å². The highest BCUT2D eigenvalue weighted by atomic mass is 16.5. The molecule has 1 aliphatic heterocycles. The molecule has 1 aliphatic rings. The Hall–Kier alpha value is -3.12. The van der Waals surface area contributed by atoms with E-state index in [1.165, 1.54) is 18.4 Å². The summed E-state index contributed by atoms with van der Waals surface area (Å²) in [5.74, 6) is 0.245. The van der Waals surface area contributed by atoms with Gasteiger partial charge in [-0.25, -0.2) is 4.79 Å². The smallest absolute Gasteiger partial charge is 0.349 e. The van der Waals surface area contributed by atoms with Crippen molar-refractivity contribution in [1.29, 1.82) is 0 Å². The van der Waals surface area contributed by atoms with E-state index in [2.05, 4.69) is 17.1 Å². The average Bonchev–Trinajstić information content (AvgIpc) is 3.30. The van der Waals surface area contributed by atoms with Gasteiger partial charge in [-0.05, 0) is 75.2 Å². The van der Waals surface area contributed by atoms with Crippen LogP contribution in [-0.2, 0) is 13.0 Å². The average molecular weight is 435 g/mol. The Balaban J connectivity index is 1.54. The molecular formula is C26H30N2O4. The van der Waals surface area contributed by atoms with Crippen molar-refractivity contribution in [2.24, 2.45) is 0 Å². The standard InChI is InChI=1S/C26H30N2O4/c1-3-7-21-23(31-4-2)13-10-19-16-22(26(30)32-24(19)21)25(29)27-20-11-8-18(9-12-20)17-28-14-5-6-15-28/h8-13,16H,3-7,14-15,17H2,1-2H3,(H,27,29). The van der Waals surface area contributed by atoms with Crippen molar-refractivity contribution in [2.75, 3.05) is 25.0 Å². The summed E-state index contributed by atoms with van der Waals surface area (Å²) in [6, 6.07) is 13.1. The van der Waals surface area contributed by atoms with Crippen LogP contribution in [-0.4, -0.2) is 30.5 Å². The lowest BCUT2D eigenvalue weighted by atomic mass is 10.0. The number of rotatable bonds is 8. The summed E-state index contributed by atoms with van der Waals surface area (Å²) < 4.78 is 11.3. The van der Waals surface area contributed by atoms with E-state index < -0.39 is 11.5 Å². The highest BCUT2D eigenvalue weighted by Crippen LogP contribution is 2.29. The van der Waals surface area contributed by atoms with Gasteiger partial charge in [0, 0.05) is 23.2 Å². The number of benzene rings is 2. The third kappa shape index (κ3) is 4.86. The topological polar surface area (TPSA) is 71.8 Å². The first-order chi connectivity index (χ1) is 15.6. The minimum Gasteiger partial charge on any atom is -0.493 e. The van der Waals surface area contributed by atoms with Crippen molar-refractivity contribution in [2.45, 2.75) is 46.1 Å². The van der Waals surface area contributed by atoms with Gasteiger partial charge in [0.25, 0.3) is 5.91 Å². The van der Waals surface area contributed by atoms with Gasteiger partial charge in [-0.3, -0.25) is 9.69 Å². The third-order valence-electron chi connectivity index (χ3n) is 5.82. The Labute approximate surface area is 188 Å². The fourth-order valence-corrected chi connectivity index (χ4v) is 4.25. The SMILES string of the molecule is CCCc1c(OCC)ccc2cc(C(=O)Nc3ccc(CN4CCCC4)cc3)c(=O)oc12. The third-order valence-corrected chi connectivity index (χ3v) is 5.82. The number of carbonyl (C=O) groups excluding carboxylic acids is 1. The van der Waals surface area contributed by atoms with E-state index in [-0.39, 0.29) is 5.56 Å². The molecule has 0 atom stereocenters. The van der Waals surface area contributed by atoms with Gasteiger partial charge in [0.05, 0.1) is 6.61 Å². The molecule has 1 fully saturated rings. The number of ether oxygens (including phenoxy) is 1. The molecule has 3 aromatic rings. The van der Waals surface area contributed by atoms with Crippen LogP contribution in [0, 0.1) is 0 Å². The van der Waals surface area contributed by atoms with E-state index in [4.69, 9.17) is 9.15 Å². The van der Waals surface area contributed by atoms with E-state index >= 15 is 0 Å². The van der Waals surface area contributed by atoms with Crippen LogP contribution in [0.4, 0.5) is 5.69 Å². The predicted molar refractivity (Wildman–Crippen MR) is 127 cm³/mol. The monoisotopic (exact) mass is 434 g/mol. The summed E-state index contributed by atoms with van der Waals surface area (Å²) in [6.07, 6.45) is 4.13. The normalized spacial score (nSPS) is 14.1. The number of likely N-dealkylation sites (tertiary alicyclic amines) is 1. The lowest BCUT2D eigenvalue weighted by Crippen LogP contribution is -2.21. The van der Waals surface area contributed by atoms with Crippen molar-refractivity contribution in [3.05, 3.63) is 69.6 Å². The maximum absolute atomic E-state index is 12.8. The largest absolute Gasteiger partial charge is 0.493 e. The molecule has 1 amide bonds. The maximum Gasteiger partial charge on any atom is 0.349 e. The van der Waals surface area contributed by atoms with Crippen molar-refractivity contribution in [3.8, 4) is 5.75 Å². The number of aryl methyl sites for hydroxylation is 1. The zero-order valence-electron chi connectivity index (χ0n) is 18.8. The molecule has 0 bridgehead atoms. The number of anilines is 1. The van der Waals surface area contributed by atoms with Crippen LogP contribution in [0.5, 0.6) is 5.75 Å². The second kappa shape index (κ2) is 10.0. The molecule has 4 rings (SSSR count). The summed E-state index contributed by atoms with van der Waals surface area (Å²) in [7, 11) is 0. The molecule has 0 spiro atoms. The summed E-state index contributed by atoms with van der Waals surface area (Å²) >= 11 is 0. The zero-order chi connectivity index (χ0) is 22.5. The number of nitrogens with one attached hydrogen (secondary N) is 1. The van der Waals surface area contributed by atoms with E-state index in [9.17, 15) is 9.59 Å². The van der Waals surface area contributed by atoms with Gasteiger partial charge in [0.15, 0.2) is 0 Å². The molecule has 0 unspecified atom stereocenters. The summed E-state index contributed by atoms with van der Waals surface area (Å²) in [6.45, 7) is 7.72. The number of nitrogens with zero attached hydrogens (tertiary/aromatic N) is 1. The van der Waals surface area contributed by atoms with Crippen LogP contribution < -0.4 is 15.7 Å². The number of fused-ring (bicyclic) bond motifs is 1. The van der Waals surface area contributed by atoms with E-state index in [0.29, 0.717) is 23.3 Å². The molecule has 0 aliphatic carbocycles. The fraction of sp³-hybridized carbons (Fsp3) is 0.385. The van der Waals surface area contributed by atoms with Crippen LogP contribution in [0.3, 0.4) is 0 Å². The Kier molecular flexibility index (Phi) is 6.90.